The number of aryl methyl sites for hydroxylation is 1. The minimum absolute atomic E-state index is 0.674. The molecule has 1 aromatic rings. The maximum atomic E-state index is 6.16. The number of piperidine rings is 3. The van der Waals surface area contributed by atoms with E-state index in [9.17, 15) is 0 Å². The molecule has 1 N–H and O–H groups in total. The standard InChI is InChI=1S/C15H21ClN2/c1-11-2-3-12(8-14(11)16)9-17-15-10-18-6-4-13(15)5-7-18/h2-3,8,13,15,17H,4-7,9-10H2,1H3. The first-order valence-corrected chi connectivity index (χ1v) is 7.31. The van der Waals surface area contributed by atoms with E-state index in [1.165, 1.54) is 38.0 Å². The molecular weight excluding hydrogens is 244 g/mol. The molecule has 2 nitrogen and oxygen atoms in total. The van der Waals surface area contributed by atoms with Gasteiger partial charge in [-0.05, 0) is 56.0 Å². The third kappa shape index (κ3) is 2.56. The van der Waals surface area contributed by atoms with E-state index in [-0.39, 0.29) is 0 Å². The molecule has 3 saturated heterocycles. The first-order valence-electron chi connectivity index (χ1n) is 6.93. The predicted octanol–water partition coefficient (Wildman–Crippen LogP) is 2.83. The predicted molar refractivity (Wildman–Crippen MR) is 76.0 cm³/mol. The van der Waals surface area contributed by atoms with E-state index in [1.54, 1.807) is 0 Å². The Bertz CT molecular complexity index is 425. The van der Waals surface area contributed by atoms with Crippen LogP contribution in [0.15, 0.2) is 18.2 Å². The Morgan fingerprint density at radius 1 is 1.33 bits per heavy atom. The summed E-state index contributed by atoms with van der Waals surface area (Å²) in [6.07, 6.45) is 2.73. The lowest BCUT2D eigenvalue weighted by atomic mass is 9.84. The highest BCUT2D eigenvalue weighted by Crippen LogP contribution is 2.27. The number of nitrogens with one attached hydrogen (secondary N) is 1. The second-order valence-electron chi connectivity index (χ2n) is 5.71. The summed E-state index contributed by atoms with van der Waals surface area (Å²) in [5, 5.41) is 4.59. The van der Waals surface area contributed by atoms with E-state index in [1.807, 2.05) is 6.92 Å². The Hall–Kier alpha value is -0.570. The van der Waals surface area contributed by atoms with Crippen molar-refractivity contribution in [2.75, 3.05) is 19.6 Å². The quantitative estimate of drug-likeness (QED) is 0.903. The largest absolute Gasteiger partial charge is 0.308 e. The summed E-state index contributed by atoms with van der Waals surface area (Å²) in [6, 6.07) is 7.05. The van der Waals surface area contributed by atoms with Gasteiger partial charge in [0.05, 0.1) is 0 Å². The summed E-state index contributed by atoms with van der Waals surface area (Å²) in [7, 11) is 0. The molecule has 0 aromatic heterocycles. The Morgan fingerprint density at radius 2 is 2.11 bits per heavy atom. The van der Waals surface area contributed by atoms with Gasteiger partial charge in [0.25, 0.3) is 0 Å². The van der Waals surface area contributed by atoms with Crippen molar-refractivity contribution in [1.29, 1.82) is 0 Å². The molecule has 2 bridgehead atoms. The Kier molecular flexibility index (Phi) is 3.60. The Balaban J connectivity index is 1.59. The van der Waals surface area contributed by atoms with Crippen LogP contribution in [0.2, 0.25) is 5.02 Å². The van der Waals surface area contributed by atoms with E-state index >= 15 is 0 Å². The summed E-state index contributed by atoms with van der Waals surface area (Å²) >= 11 is 6.16. The lowest BCUT2D eigenvalue weighted by Crippen LogP contribution is -2.55. The van der Waals surface area contributed by atoms with Gasteiger partial charge in [0, 0.05) is 24.2 Å². The smallest absolute Gasteiger partial charge is 0.0438 e. The molecule has 3 fully saturated rings. The number of halogens is 1. The van der Waals surface area contributed by atoms with Crippen LogP contribution in [0.4, 0.5) is 0 Å². The van der Waals surface area contributed by atoms with Crippen LogP contribution in [0, 0.1) is 12.8 Å². The van der Waals surface area contributed by atoms with Gasteiger partial charge in [0.2, 0.25) is 0 Å². The monoisotopic (exact) mass is 264 g/mol. The van der Waals surface area contributed by atoms with Crippen LogP contribution in [0.1, 0.15) is 24.0 Å². The Morgan fingerprint density at radius 3 is 2.72 bits per heavy atom. The van der Waals surface area contributed by atoms with Crippen molar-refractivity contribution in [3.63, 3.8) is 0 Å². The summed E-state index contributed by atoms with van der Waals surface area (Å²) in [5.41, 5.74) is 2.45. The number of fused-ring (bicyclic) bond motifs is 3. The zero-order chi connectivity index (χ0) is 12.5. The van der Waals surface area contributed by atoms with Gasteiger partial charge in [-0.25, -0.2) is 0 Å². The van der Waals surface area contributed by atoms with Gasteiger partial charge in [0.15, 0.2) is 0 Å². The molecule has 3 aliphatic rings. The summed E-state index contributed by atoms with van der Waals surface area (Å²) in [4.78, 5) is 2.58. The molecule has 0 aliphatic carbocycles. The first kappa shape index (κ1) is 12.5. The second kappa shape index (κ2) is 5.20. The van der Waals surface area contributed by atoms with E-state index in [4.69, 9.17) is 11.6 Å². The zero-order valence-corrected chi connectivity index (χ0v) is 11.7. The minimum Gasteiger partial charge on any atom is -0.308 e. The van der Waals surface area contributed by atoms with E-state index in [2.05, 4.69) is 28.4 Å². The van der Waals surface area contributed by atoms with E-state index in [0.29, 0.717) is 6.04 Å². The molecule has 3 heterocycles. The van der Waals surface area contributed by atoms with Crippen LogP contribution in [-0.2, 0) is 6.54 Å². The van der Waals surface area contributed by atoms with Crippen LogP contribution in [0.25, 0.3) is 0 Å². The molecule has 4 rings (SSSR count). The SMILES string of the molecule is Cc1ccc(CNC2CN3CCC2CC3)cc1Cl. The third-order valence-corrected chi connectivity index (χ3v) is 4.87. The fraction of sp³-hybridized carbons (Fsp3) is 0.600. The van der Waals surface area contributed by atoms with Crippen molar-refractivity contribution < 1.29 is 0 Å². The molecular formula is C15H21ClN2. The average Bonchev–Trinajstić information content (AvgIpc) is 2.41. The van der Waals surface area contributed by atoms with Crippen molar-refractivity contribution >= 4 is 11.6 Å². The van der Waals surface area contributed by atoms with E-state index < -0.39 is 0 Å². The molecule has 0 saturated carbocycles. The highest BCUT2D eigenvalue weighted by Gasteiger charge is 2.33. The summed E-state index contributed by atoms with van der Waals surface area (Å²) < 4.78 is 0. The number of hydrogen-bond acceptors (Lipinski definition) is 2. The van der Waals surface area contributed by atoms with Gasteiger partial charge in [-0.1, -0.05) is 23.7 Å². The fourth-order valence-corrected chi connectivity index (χ4v) is 3.39. The molecule has 0 amide bonds. The number of nitrogens with zero attached hydrogens (tertiary/aromatic N) is 1. The van der Waals surface area contributed by atoms with Gasteiger partial charge in [0.1, 0.15) is 0 Å². The van der Waals surface area contributed by atoms with Crippen LogP contribution >= 0.6 is 11.6 Å². The average molecular weight is 265 g/mol. The van der Waals surface area contributed by atoms with Gasteiger partial charge in [-0.2, -0.15) is 0 Å². The van der Waals surface area contributed by atoms with Gasteiger partial charge in [-0.15, -0.1) is 0 Å². The number of hydrogen-bond donors (Lipinski definition) is 1. The minimum atomic E-state index is 0.674. The molecule has 98 valence electrons. The summed E-state index contributed by atoms with van der Waals surface area (Å²) in [5.74, 6) is 0.885. The zero-order valence-electron chi connectivity index (χ0n) is 11.0. The van der Waals surface area contributed by atoms with Crippen LogP contribution < -0.4 is 5.32 Å². The Labute approximate surface area is 114 Å². The lowest BCUT2D eigenvalue weighted by Gasteiger charge is -2.45. The molecule has 3 heteroatoms. The maximum absolute atomic E-state index is 6.16. The van der Waals surface area contributed by atoms with Crippen molar-refractivity contribution in [3.8, 4) is 0 Å². The first-order chi connectivity index (χ1) is 8.72. The van der Waals surface area contributed by atoms with Crippen LogP contribution in [-0.4, -0.2) is 30.6 Å². The normalized spacial score (nSPS) is 30.7. The van der Waals surface area contributed by atoms with Crippen molar-refractivity contribution in [3.05, 3.63) is 34.3 Å². The van der Waals surface area contributed by atoms with Gasteiger partial charge < -0.3 is 10.2 Å². The molecule has 1 aromatic carbocycles. The van der Waals surface area contributed by atoms with Crippen molar-refractivity contribution in [1.82, 2.24) is 10.2 Å². The molecule has 1 unspecified atom stereocenters. The maximum Gasteiger partial charge on any atom is 0.0438 e. The van der Waals surface area contributed by atoms with Crippen LogP contribution in [0.3, 0.4) is 0 Å². The molecule has 0 radical (unpaired) electrons. The molecule has 3 aliphatic heterocycles. The van der Waals surface area contributed by atoms with E-state index in [0.717, 1.165) is 23.0 Å². The highest BCUT2D eigenvalue weighted by atomic mass is 35.5. The molecule has 18 heavy (non-hydrogen) atoms. The topological polar surface area (TPSA) is 15.3 Å². The fourth-order valence-electron chi connectivity index (χ4n) is 3.19. The highest BCUT2D eigenvalue weighted by molar-refractivity contribution is 6.31. The number of benzene rings is 1. The second-order valence-corrected chi connectivity index (χ2v) is 6.12. The molecule has 0 spiro atoms. The lowest BCUT2D eigenvalue weighted by molar-refractivity contribution is 0.0720. The van der Waals surface area contributed by atoms with Gasteiger partial charge in [-0.3, -0.25) is 0 Å². The van der Waals surface area contributed by atoms with Crippen molar-refractivity contribution in [2.24, 2.45) is 5.92 Å². The number of rotatable bonds is 3. The van der Waals surface area contributed by atoms with Crippen molar-refractivity contribution in [2.45, 2.75) is 32.4 Å². The molecule has 1 atom stereocenters. The van der Waals surface area contributed by atoms with Crippen LogP contribution in [0.5, 0.6) is 0 Å². The third-order valence-electron chi connectivity index (χ3n) is 4.46. The summed E-state index contributed by atoms with van der Waals surface area (Å²) in [6.45, 7) is 6.82. The van der Waals surface area contributed by atoms with Gasteiger partial charge >= 0.3 is 0 Å².